The van der Waals surface area contributed by atoms with Gasteiger partial charge >= 0.3 is 5.97 Å². The average molecular weight is 550 g/mol. The smallest absolute Gasteiger partial charge is 0.338 e. The summed E-state index contributed by atoms with van der Waals surface area (Å²) in [4.78, 5) is 48.0. The van der Waals surface area contributed by atoms with Crippen LogP contribution in [0.3, 0.4) is 0 Å². The molecule has 2 aromatic rings. The minimum Gasteiger partial charge on any atom is -0.457 e. The van der Waals surface area contributed by atoms with Gasteiger partial charge in [0.2, 0.25) is 0 Å². The van der Waals surface area contributed by atoms with E-state index in [-0.39, 0.29) is 24.4 Å². The SMILES string of the molecule is CN(C)c1ccc(C(=O)N2CCN(CCCN3C(=S)N(c4ccc5c(c4)COC5=O)C(=O)C3(C)C)CC2)cc1. The summed E-state index contributed by atoms with van der Waals surface area (Å²) >= 11 is 5.78. The molecule has 0 N–H and O–H groups in total. The van der Waals surface area contributed by atoms with Crippen LogP contribution in [0.5, 0.6) is 0 Å². The van der Waals surface area contributed by atoms with Crippen molar-refractivity contribution in [1.29, 1.82) is 0 Å². The van der Waals surface area contributed by atoms with Crippen LogP contribution in [0, 0.1) is 0 Å². The number of carbonyl (C=O) groups is 3. The molecule has 3 aliphatic rings. The molecule has 0 aliphatic carbocycles. The van der Waals surface area contributed by atoms with Crippen LogP contribution in [0.25, 0.3) is 0 Å². The zero-order valence-electron chi connectivity index (χ0n) is 23.0. The van der Waals surface area contributed by atoms with Crippen LogP contribution >= 0.6 is 12.2 Å². The molecule has 2 amide bonds. The number of fused-ring (bicyclic) bond motifs is 1. The summed E-state index contributed by atoms with van der Waals surface area (Å²) in [6.07, 6.45) is 0.844. The number of rotatable bonds is 7. The largest absolute Gasteiger partial charge is 0.457 e. The van der Waals surface area contributed by atoms with Crippen molar-refractivity contribution < 1.29 is 19.1 Å². The van der Waals surface area contributed by atoms with Gasteiger partial charge in [-0.05, 0) is 81.5 Å². The van der Waals surface area contributed by atoms with Gasteiger partial charge in [-0.1, -0.05) is 0 Å². The topological polar surface area (TPSA) is 76.6 Å². The maximum Gasteiger partial charge on any atom is 0.338 e. The third-order valence-corrected chi connectivity index (χ3v) is 8.30. The molecule has 2 fully saturated rings. The summed E-state index contributed by atoms with van der Waals surface area (Å²) in [6.45, 7) is 8.54. The van der Waals surface area contributed by atoms with Crippen LogP contribution in [0.1, 0.15) is 46.5 Å². The van der Waals surface area contributed by atoms with Crippen LogP contribution in [0.15, 0.2) is 42.5 Å². The van der Waals surface area contributed by atoms with Crippen LogP contribution in [0.2, 0.25) is 0 Å². The van der Waals surface area contributed by atoms with Crippen molar-refractivity contribution >= 4 is 46.5 Å². The molecule has 39 heavy (non-hydrogen) atoms. The van der Waals surface area contributed by atoms with Gasteiger partial charge in [0.25, 0.3) is 11.8 Å². The van der Waals surface area contributed by atoms with E-state index in [1.165, 1.54) is 0 Å². The van der Waals surface area contributed by atoms with Gasteiger partial charge in [0.05, 0.1) is 11.3 Å². The summed E-state index contributed by atoms with van der Waals surface area (Å²) in [7, 11) is 3.96. The first-order valence-corrected chi connectivity index (χ1v) is 13.7. The number of amides is 2. The number of carbonyl (C=O) groups excluding carboxylic acids is 3. The molecule has 206 valence electrons. The fourth-order valence-electron chi connectivity index (χ4n) is 5.41. The lowest BCUT2D eigenvalue weighted by Crippen LogP contribution is -2.49. The van der Waals surface area contributed by atoms with Gasteiger partial charge in [-0.3, -0.25) is 19.4 Å². The second-order valence-corrected chi connectivity index (χ2v) is 11.3. The maximum atomic E-state index is 13.4. The quantitative estimate of drug-likeness (QED) is 0.386. The van der Waals surface area contributed by atoms with Crippen molar-refractivity contribution in [2.75, 3.05) is 63.2 Å². The van der Waals surface area contributed by atoms with Crippen molar-refractivity contribution in [2.45, 2.75) is 32.4 Å². The molecule has 0 atom stereocenters. The summed E-state index contributed by atoms with van der Waals surface area (Å²) in [5, 5.41) is 0.478. The first-order valence-electron chi connectivity index (χ1n) is 13.3. The highest BCUT2D eigenvalue weighted by Gasteiger charge is 2.49. The molecule has 10 heteroatoms. The standard InChI is InChI=1S/C29H35N5O4S/c1-29(2)27(37)34(23-10-11-24-21(18-23)19-38-26(24)36)28(39)33(29)13-5-12-31-14-16-32(17-15-31)25(35)20-6-8-22(9-7-20)30(3)4/h6-11,18H,5,12-17,19H2,1-4H3. The van der Waals surface area contributed by atoms with Crippen molar-refractivity contribution in [1.82, 2.24) is 14.7 Å². The third kappa shape index (κ3) is 5.10. The highest BCUT2D eigenvalue weighted by atomic mass is 32.1. The van der Waals surface area contributed by atoms with Gasteiger partial charge in [0.1, 0.15) is 12.1 Å². The number of hydrogen-bond acceptors (Lipinski definition) is 7. The summed E-state index contributed by atoms with van der Waals surface area (Å²) in [6, 6.07) is 13.0. The molecule has 0 bridgehead atoms. The summed E-state index contributed by atoms with van der Waals surface area (Å²) < 4.78 is 5.11. The second kappa shape index (κ2) is 10.6. The summed E-state index contributed by atoms with van der Waals surface area (Å²) in [5.41, 5.74) is 2.99. The van der Waals surface area contributed by atoms with E-state index in [0.717, 1.165) is 42.9 Å². The van der Waals surface area contributed by atoms with Crippen LogP contribution in [0.4, 0.5) is 11.4 Å². The zero-order valence-corrected chi connectivity index (χ0v) is 23.8. The van der Waals surface area contributed by atoms with E-state index in [1.807, 2.05) is 73.0 Å². The molecule has 2 saturated heterocycles. The zero-order chi connectivity index (χ0) is 27.9. The Labute approximate surface area is 234 Å². The molecule has 0 saturated carbocycles. The van der Waals surface area contributed by atoms with E-state index in [1.54, 1.807) is 17.0 Å². The molecule has 0 unspecified atom stereocenters. The predicted molar refractivity (Wildman–Crippen MR) is 154 cm³/mol. The third-order valence-electron chi connectivity index (χ3n) is 7.90. The number of ether oxygens (including phenoxy) is 1. The summed E-state index contributed by atoms with van der Waals surface area (Å²) in [5.74, 6) is -0.341. The lowest BCUT2D eigenvalue weighted by atomic mass is 10.0. The van der Waals surface area contributed by atoms with Crippen LogP contribution in [-0.4, -0.2) is 96.5 Å². The van der Waals surface area contributed by atoms with Crippen molar-refractivity contribution in [3.05, 3.63) is 59.2 Å². The number of thiocarbonyl (C=S) groups is 1. The molecule has 0 spiro atoms. The van der Waals surface area contributed by atoms with E-state index in [9.17, 15) is 14.4 Å². The maximum absolute atomic E-state index is 13.4. The molecule has 5 rings (SSSR count). The number of benzene rings is 2. The minimum atomic E-state index is -0.768. The normalized spacial score (nSPS) is 19.0. The van der Waals surface area contributed by atoms with Crippen LogP contribution in [-0.2, 0) is 16.1 Å². The Morgan fingerprint density at radius 2 is 1.69 bits per heavy atom. The van der Waals surface area contributed by atoms with Gasteiger partial charge in [0.15, 0.2) is 5.11 Å². The van der Waals surface area contributed by atoms with Gasteiger partial charge in [-0.15, -0.1) is 0 Å². The number of piperazine rings is 1. The molecule has 3 heterocycles. The van der Waals surface area contributed by atoms with Crippen molar-refractivity contribution in [3.63, 3.8) is 0 Å². The fourth-order valence-corrected chi connectivity index (χ4v) is 5.92. The van der Waals surface area contributed by atoms with Crippen LogP contribution < -0.4 is 9.80 Å². The van der Waals surface area contributed by atoms with E-state index >= 15 is 0 Å². The lowest BCUT2D eigenvalue weighted by molar-refractivity contribution is -0.123. The highest BCUT2D eigenvalue weighted by Crippen LogP contribution is 2.34. The first-order chi connectivity index (χ1) is 18.6. The number of nitrogens with zero attached hydrogens (tertiary/aromatic N) is 5. The predicted octanol–water partition coefficient (Wildman–Crippen LogP) is 2.98. The fraction of sp³-hybridized carbons (Fsp3) is 0.448. The first kappa shape index (κ1) is 27.1. The second-order valence-electron chi connectivity index (χ2n) is 11.0. The molecule has 9 nitrogen and oxygen atoms in total. The molecule has 0 radical (unpaired) electrons. The monoisotopic (exact) mass is 549 g/mol. The Balaban J connectivity index is 1.14. The number of cyclic esters (lactones) is 1. The lowest BCUT2D eigenvalue weighted by Gasteiger charge is -2.36. The van der Waals surface area contributed by atoms with E-state index in [4.69, 9.17) is 17.0 Å². The number of hydrogen-bond donors (Lipinski definition) is 0. The minimum absolute atomic E-state index is 0.0743. The molecule has 3 aliphatic heterocycles. The Bertz CT molecular complexity index is 1300. The van der Waals surface area contributed by atoms with Gasteiger partial charge in [-0.2, -0.15) is 0 Å². The van der Waals surface area contributed by atoms with E-state index in [2.05, 4.69) is 4.90 Å². The van der Waals surface area contributed by atoms with E-state index < -0.39 is 5.54 Å². The molecule has 2 aromatic carbocycles. The van der Waals surface area contributed by atoms with E-state index in [0.29, 0.717) is 36.0 Å². The Morgan fingerprint density at radius 3 is 2.36 bits per heavy atom. The average Bonchev–Trinajstić information content (AvgIpc) is 3.37. The highest BCUT2D eigenvalue weighted by molar-refractivity contribution is 7.80. The van der Waals surface area contributed by atoms with Gasteiger partial charge in [-0.25, -0.2) is 4.79 Å². The van der Waals surface area contributed by atoms with Crippen molar-refractivity contribution in [3.8, 4) is 0 Å². The molecular formula is C29H35N5O4S. The van der Waals surface area contributed by atoms with Crippen molar-refractivity contribution in [2.24, 2.45) is 0 Å². The van der Waals surface area contributed by atoms with Gasteiger partial charge < -0.3 is 19.4 Å². The molecule has 0 aromatic heterocycles. The Hall–Kier alpha value is -3.50. The van der Waals surface area contributed by atoms with Gasteiger partial charge in [0, 0.05) is 63.6 Å². The molecular weight excluding hydrogens is 514 g/mol. The number of esters is 1. The Kier molecular flexibility index (Phi) is 7.35. The Morgan fingerprint density at radius 1 is 1.00 bits per heavy atom. The number of anilines is 2.